The van der Waals surface area contributed by atoms with Crippen molar-refractivity contribution in [3.05, 3.63) is 34.9 Å². The quantitative estimate of drug-likeness (QED) is 0.925. The van der Waals surface area contributed by atoms with E-state index in [1.807, 2.05) is 36.1 Å². The van der Waals surface area contributed by atoms with Gasteiger partial charge in [-0.25, -0.2) is 4.79 Å². The van der Waals surface area contributed by atoms with E-state index in [0.29, 0.717) is 31.3 Å². The Bertz CT molecular complexity index is 498. The van der Waals surface area contributed by atoms with Crippen molar-refractivity contribution in [1.29, 1.82) is 0 Å². The first-order valence-electron chi connectivity index (χ1n) is 7.53. The molecule has 1 heterocycles. The van der Waals surface area contributed by atoms with E-state index in [-0.39, 0.29) is 18.2 Å². The number of methoxy groups -OCH3 is 1. The summed E-state index contributed by atoms with van der Waals surface area (Å²) < 4.78 is 10.9. The third kappa shape index (κ3) is 4.35. The van der Waals surface area contributed by atoms with E-state index in [1.165, 1.54) is 0 Å². The molecule has 1 aromatic carbocycles. The van der Waals surface area contributed by atoms with Crippen molar-refractivity contribution in [3.8, 4) is 0 Å². The molecule has 1 aromatic rings. The van der Waals surface area contributed by atoms with E-state index in [2.05, 4.69) is 5.32 Å². The Morgan fingerprint density at radius 3 is 3.00 bits per heavy atom. The molecule has 1 N–H and O–H groups in total. The molecular formula is C16H23ClN2O3. The number of halogens is 1. The molecule has 1 aliphatic heterocycles. The third-order valence-electron chi connectivity index (χ3n) is 3.92. The van der Waals surface area contributed by atoms with E-state index in [4.69, 9.17) is 21.1 Å². The number of rotatable bonds is 4. The van der Waals surface area contributed by atoms with Crippen LogP contribution in [-0.4, -0.2) is 50.4 Å². The van der Waals surface area contributed by atoms with Gasteiger partial charge in [0, 0.05) is 43.4 Å². The van der Waals surface area contributed by atoms with Gasteiger partial charge in [0.2, 0.25) is 0 Å². The molecule has 0 aromatic heterocycles. The van der Waals surface area contributed by atoms with Crippen LogP contribution < -0.4 is 5.32 Å². The van der Waals surface area contributed by atoms with E-state index in [0.717, 1.165) is 12.0 Å². The van der Waals surface area contributed by atoms with Gasteiger partial charge in [0.25, 0.3) is 0 Å². The van der Waals surface area contributed by atoms with Crippen LogP contribution >= 0.6 is 11.6 Å². The van der Waals surface area contributed by atoms with E-state index >= 15 is 0 Å². The van der Waals surface area contributed by atoms with Crippen molar-refractivity contribution in [2.24, 2.45) is 0 Å². The molecule has 0 bridgehead atoms. The minimum Gasteiger partial charge on any atom is -0.380 e. The SMILES string of the molecule is CO[C@@H](CNC(=O)N1CCOCC[C@H]1C)c1ccccc1Cl. The van der Waals surface area contributed by atoms with Crippen LogP contribution in [0.25, 0.3) is 0 Å². The first kappa shape index (κ1) is 17.1. The predicted octanol–water partition coefficient (Wildman–Crippen LogP) is 2.85. The Labute approximate surface area is 136 Å². The fourth-order valence-corrected chi connectivity index (χ4v) is 2.79. The maximum atomic E-state index is 12.4. The molecule has 0 saturated carbocycles. The Balaban J connectivity index is 1.95. The molecule has 0 radical (unpaired) electrons. The van der Waals surface area contributed by atoms with Gasteiger partial charge >= 0.3 is 6.03 Å². The molecule has 0 spiro atoms. The van der Waals surface area contributed by atoms with Gasteiger partial charge in [0.05, 0.1) is 6.61 Å². The average Bonchev–Trinajstić information content (AvgIpc) is 2.74. The fourth-order valence-electron chi connectivity index (χ4n) is 2.53. The molecule has 1 aliphatic rings. The fraction of sp³-hybridized carbons (Fsp3) is 0.562. The van der Waals surface area contributed by atoms with Crippen LogP contribution in [0.15, 0.2) is 24.3 Å². The molecule has 1 saturated heterocycles. The number of nitrogens with one attached hydrogen (secondary N) is 1. The molecule has 1 fully saturated rings. The molecule has 5 nitrogen and oxygen atoms in total. The Morgan fingerprint density at radius 1 is 1.50 bits per heavy atom. The van der Waals surface area contributed by atoms with E-state index in [9.17, 15) is 4.79 Å². The van der Waals surface area contributed by atoms with Crippen LogP contribution in [0.1, 0.15) is 25.0 Å². The van der Waals surface area contributed by atoms with Crippen molar-refractivity contribution in [1.82, 2.24) is 10.2 Å². The monoisotopic (exact) mass is 326 g/mol. The second-order valence-corrected chi connectivity index (χ2v) is 5.78. The van der Waals surface area contributed by atoms with Gasteiger partial charge in [-0.1, -0.05) is 29.8 Å². The summed E-state index contributed by atoms with van der Waals surface area (Å²) in [5, 5.41) is 3.57. The maximum Gasteiger partial charge on any atom is 0.317 e. The molecule has 6 heteroatoms. The highest BCUT2D eigenvalue weighted by Crippen LogP contribution is 2.24. The van der Waals surface area contributed by atoms with E-state index < -0.39 is 0 Å². The second kappa shape index (κ2) is 8.36. The van der Waals surface area contributed by atoms with Gasteiger partial charge in [-0.2, -0.15) is 0 Å². The summed E-state index contributed by atoms with van der Waals surface area (Å²) in [5.74, 6) is 0. The topological polar surface area (TPSA) is 50.8 Å². The summed E-state index contributed by atoms with van der Waals surface area (Å²) in [6, 6.07) is 7.58. The van der Waals surface area contributed by atoms with Gasteiger partial charge in [-0.3, -0.25) is 0 Å². The average molecular weight is 327 g/mol. The highest BCUT2D eigenvalue weighted by molar-refractivity contribution is 6.31. The predicted molar refractivity (Wildman–Crippen MR) is 86.2 cm³/mol. The normalized spacial score (nSPS) is 20.3. The van der Waals surface area contributed by atoms with Crippen LogP contribution in [-0.2, 0) is 9.47 Å². The van der Waals surface area contributed by atoms with Crippen molar-refractivity contribution >= 4 is 17.6 Å². The van der Waals surface area contributed by atoms with Gasteiger partial charge in [0.1, 0.15) is 6.10 Å². The lowest BCUT2D eigenvalue weighted by atomic mass is 10.1. The summed E-state index contributed by atoms with van der Waals surface area (Å²) in [5.41, 5.74) is 0.874. The number of ether oxygens (including phenoxy) is 2. The van der Waals surface area contributed by atoms with Crippen LogP contribution in [0.5, 0.6) is 0 Å². The van der Waals surface area contributed by atoms with E-state index in [1.54, 1.807) is 7.11 Å². The smallest absolute Gasteiger partial charge is 0.317 e. The second-order valence-electron chi connectivity index (χ2n) is 5.38. The minimum absolute atomic E-state index is 0.0906. The van der Waals surface area contributed by atoms with Crippen LogP contribution in [0.4, 0.5) is 4.79 Å². The van der Waals surface area contributed by atoms with Crippen molar-refractivity contribution in [2.75, 3.05) is 33.4 Å². The molecule has 0 aliphatic carbocycles. The van der Waals surface area contributed by atoms with Crippen molar-refractivity contribution < 1.29 is 14.3 Å². The number of carbonyl (C=O) groups excluding carboxylic acids is 1. The molecule has 22 heavy (non-hydrogen) atoms. The first-order valence-corrected chi connectivity index (χ1v) is 7.90. The Morgan fingerprint density at radius 2 is 2.27 bits per heavy atom. The van der Waals surface area contributed by atoms with Gasteiger partial charge in [-0.15, -0.1) is 0 Å². The largest absolute Gasteiger partial charge is 0.380 e. The van der Waals surface area contributed by atoms with Gasteiger partial charge < -0.3 is 19.7 Å². The number of benzene rings is 1. The lowest BCUT2D eigenvalue weighted by molar-refractivity contribution is 0.0997. The van der Waals surface area contributed by atoms with Crippen molar-refractivity contribution in [2.45, 2.75) is 25.5 Å². The highest BCUT2D eigenvalue weighted by Gasteiger charge is 2.23. The molecule has 2 rings (SSSR count). The number of urea groups is 1. The van der Waals surface area contributed by atoms with Crippen molar-refractivity contribution in [3.63, 3.8) is 0 Å². The highest BCUT2D eigenvalue weighted by atomic mass is 35.5. The molecule has 2 atom stereocenters. The van der Waals surface area contributed by atoms with Gasteiger partial charge in [0.15, 0.2) is 0 Å². The lowest BCUT2D eigenvalue weighted by Gasteiger charge is -2.27. The van der Waals surface area contributed by atoms with Crippen LogP contribution in [0.3, 0.4) is 0 Å². The van der Waals surface area contributed by atoms with Crippen LogP contribution in [0.2, 0.25) is 5.02 Å². The maximum absolute atomic E-state index is 12.4. The number of amides is 2. The molecule has 122 valence electrons. The Kier molecular flexibility index (Phi) is 6.49. The summed E-state index contributed by atoms with van der Waals surface area (Å²) in [4.78, 5) is 14.2. The summed E-state index contributed by atoms with van der Waals surface area (Å²) in [7, 11) is 1.61. The molecular weight excluding hydrogens is 304 g/mol. The molecule has 0 unspecified atom stereocenters. The summed E-state index contributed by atoms with van der Waals surface area (Å²) in [6.07, 6.45) is 0.585. The zero-order valence-corrected chi connectivity index (χ0v) is 13.8. The molecule has 2 amide bonds. The Hall–Kier alpha value is -1.30. The zero-order valence-electron chi connectivity index (χ0n) is 13.0. The minimum atomic E-state index is -0.267. The number of hydrogen-bond donors (Lipinski definition) is 1. The number of carbonyl (C=O) groups is 1. The number of hydrogen-bond acceptors (Lipinski definition) is 3. The first-order chi connectivity index (χ1) is 10.6. The van der Waals surface area contributed by atoms with Gasteiger partial charge in [-0.05, 0) is 19.4 Å². The summed E-state index contributed by atoms with van der Waals surface area (Å²) in [6.45, 7) is 4.30. The third-order valence-corrected chi connectivity index (χ3v) is 4.27. The zero-order chi connectivity index (χ0) is 15.9. The standard InChI is InChI=1S/C16H23ClN2O3/c1-12-7-9-22-10-8-19(12)16(20)18-11-15(21-2)13-5-3-4-6-14(13)17/h3-6,12,15H,7-11H2,1-2H3,(H,18,20)/t12-,15+/m1/s1. The number of nitrogens with zero attached hydrogens (tertiary/aromatic N) is 1. The summed E-state index contributed by atoms with van der Waals surface area (Å²) >= 11 is 6.19. The lowest BCUT2D eigenvalue weighted by Crippen LogP contribution is -2.46. The van der Waals surface area contributed by atoms with Crippen LogP contribution in [0, 0.1) is 0 Å².